The first-order valence-corrected chi connectivity index (χ1v) is 5.70. The van der Waals surface area contributed by atoms with Gasteiger partial charge in [0.05, 0.1) is 6.61 Å². The Morgan fingerprint density at radius 1 is 1.33 bits per heavy atom. The third-order valence-electron chi connectivity index (χ3n) is 2.28. The van der Waals surface area contributed by atoms with Crippen molar-refractivity contribution in [1.29, 1.82) is 0 Å². The van der Waals surface area contributed by atoms with Crippen LogP contribution in [0.2, 0.25) is 0 Å². The lowest BCUT2D eigenvalue weighted by molar-refractivity contribution is -0.136. The molecule has 0 heterocycles. The van der Waals surface area contributed by atoms with Gasteiger partial charge in [0.2, 0.25) is 0 Å². The molecule has 98 valence electrons. The standard InChI is InChI=1S/C13H18N2O3/c1-9-5-4-6-11(7-9)15-13(17)12(16)14-10(2)8-18-3/h4-7,10H,8H2,1-3H3,(H,14,16)(H,15,17). The first kappa shape index (κ1) is 14.2. The first-order valence-electron chi connectivity index (χ1n) is 5.70. The molecule has 0 aliphatic heterocycles. The van der Waals surface area contributed by atoms with E-state index in [0.717, 1.165) is 5.56 Å². The van der Waals surface area contributed by atoms with Crippen molar-refractivity contribution >= 4 is 17.5 Å². The van der Waals surface area contributed by atoms with Gasteiger partial charge in [-0.1, -0.05) is 12.1 Å². The summed E-state index contributed by atoms with van der Waals surface area (Å²) in [6, 6.07) is 7.05. The van der Waals surface area contributed by atoms with Gasteiger partial charge in [0.25, 0.3) is 0 Å². The molecular formula is C13H18N2O3. The zero-order valence-corrected chi connectivity index (χ0v) is 10.8. The summed E-state index contributed by atoms with van der Waals surface area (Å²) in [5.74, 6) is -1.34. The van der Waals surface area contributed by atoms with E-state index in [1.54, 1.807) is 19.1 Å². The van der Waals surface area contributed by atoms with E-state index >= 15 is 0 Å². The van der Waals surface area contributed by atoms with Gasteiger partial charge >= 0.3 is 11.8 Å². The molecule has 1 atom stereocenters. The average molecular weight is 250 g/mol. The maximum atomic E-state index is 11.6. The summed E-state index contributed by atoms with van der Waals surface area (Å²) in [6.45, 7) is 4.04. The SMILES string of the molecule is COCC(C)NC(=O)C(=O)Nc1cccc(C)c1. The second-order valence-electron chi connectivity index (χ2n) is 4.15. The Labute approximate surface area is 107 Å². The molecule has 0 radical (unpaired) electrons. The second-order valence-corrected chi connectivity index (χ2v) is 4.15. The molecule has 18 heavy (non-hydrogen) atoms. The van der Waals surface area contributed by atoms with Crippen LogP contribution in [0, 0.1) is 6.92 Å². The fourth-order valence-corrected chi connectivity index (χ4v) is 1.49. The van der Waals surface area contributed by atoms with Crippen LogP contribution in [0.25, 0.3) is 0 Å². The number of anilines is 1. The Morgan fingerprint density at radius 3 is 2.67 bits per heavy atom. The molecule has 1 aromatic rings. The predicted octanol–water partition coefficient (Wildman–Crippen LogP) is 1.08. The number of hydrogen-bond acceptors (Lipinski definition) is 3. The first-order chi connectivity index (χ1) is 8.52. The predicted molar refractivity (Wildman–Crippen MR) is 69.3 cm³/mol. The summed E-state index contributed by atoms with van der Waals surface area (Å²) in [4.78, 5) is 23.1. The van der Waals surface area contributed by atoms with Crippen LogP contribution in [0.1, 0.15) is 12.5 Å². The van der Waals surface area contributed by atoms with Gasteiger partial charge in [-0.15, -0.1) is 0 Å². The van der Waals surface area contributed by atoms with Crippen molar-refractivity contribution in [2.45, 2.75) is 19.9 Å². The summed E-state index contributed by atoms with van der Waals surface area (Å²) in [5.41, 5.74) is 1.62. The lowest BCUT2D eigenvalue weighted by atomic mass is 10.2. The van der Waals surface area contributed by atoms with Gasteiger partial charge in [-0.2, -0.15) is 0 Å². The molecule has 1 unspecified atom stereocenters. The van der Waals surface area contributed by atoms with Crippen LogP contribution in [-0.2, 0) is 14.3 Å². The van der Waals surface area contributed by atoms with E-state index in [1.807, 2.05) is 19.1 Å². The minimum atomic E-state index is -0.677. The Bertz CT molecular complexity index is 432. The normalized spacial score (nSPS) is 11.7. The van der Waals surface area contributed by atoms with Gasteiger partial charge in [-0.3, -0.25) is 9.59 Å². The summed E-state index contributed by atoms with van der Waals surface area (Å²) in [5, 5.41) is 5.08. The maximum absolute atomic E-state index is 11.6. The molecule has 0 saturated heterocycles. The molecule has 0 aliphatic rings. The Morgan fingerprint density at radius 2 is 2.06 bits per heavy atom. The molecule has 0 bridgehead atoms. The van der Waals surface area contributed by atoms with Gasteiger partial charge < -0.3 is 15.4 Å². The Kier molecular flexibility index (Phi) is 5.32. The minimum absolute atomic E-state index is 0.203. The van der Waals surface area contributed by atoms with E-state index in [-0.39, 0.29) is 6.04 Å². The molecule has 5 nitrogen and oxygen atoms in total. The number of hydrogen-bond donors (Lipinski definition) is 2. The quantitative estimate of drug-likeness (QED) is 0.786. The average Bonchev–Trinajstić information content (AvgIpc) is 2.29. The van der Waals surface area contributed by atoms with Crippen molar-refractivity contribution in [3.05, 3.63) is 29.8 Å². The summed E-state index contributed by atoms with van der Waals surface area (Å²) in [7, 11) is 1.54. The van der Waals surface area contributed by atoms with Gasteiger partial charge in [0.15, 0.2) is 0 Å². The number of benzene rings is 1. The van der Waals surface area contributed by atoms with E-state index in [4.69, 9.17) is 4.74 Å². The van der Waals surface area contributed by atoms with Gasteiger partial charge in [0.1, 0.15) is 0 Å². The van der Waals surface area contributed by atoms with Crippen molar-refractivity contribution in [1.82, 2.24) is 5.32 Å². The summed E-state index contributed by atoms with van der Waals surface area (Å²) in [6.07, 6.45) is 0. The third-order valence-corrected chi connectivity index (χ3v) is 2.28. The highest BCUT2D eigenvalue weighted by molar-refractivity contribution is 6.39. The highest BCUT2D eigenvalue weighted by Crippen LogP contribution is 2.09. The number of methoxy groups -OCH3 is 1. The minimum Gasteiger partial charge on any atom is -0.383 e. The number of nitrogens with one attached hydrogen (secondary N) is 2. The number of rotatable bonds is 4. The third kappa shape index (κ3) is 4.55. The lowest BCUT2D eigenvalue weighted by Crippen LogP contribution is -2.42. The molecule has 0 saturated carbocycles. The van der Waals surface area contributed by atoms with Crippen LogP contribution < -0.4 is 10.6 Å². The van der Waals surface area contributed by atoms with Crippen molar-refractivity contribution in [3.63, 3.8) is 0 Å². The molecular weight excluding hydrogens is 232 g/mol. The zero-order valence-electron chi connectivity index (χ0n) is 10.8. The largest absolute Gasteiger partial charge is 0.383 e. The molecule has 2 amide bonds. The lowest BCUT2D eigenvalue weighted by Gasteiger charge is -2.12. The topological polar surface area (TPSA) is 67.4 Å². The highest BCUT2D eigenvalue weighted by atomic mass is 16.5. The van der Waals surface area contributed by atoms with Gasteiger partial charge in [-0.05, 0) is 31.5 Å². The summed E-state index contributed by atoms with van der Waals surface area (Å²) < 4.78 is 4.87. The van der Waals surface area contributed by atoms with Crippen molar-refractivity contribution in [3.8, 4) is 0 Å². The van der Waals surface area contributed by atoms with E-state index in [2.05, 4.69) is 10.6 Å². The highest BCUT2D eigenvalue weighted by Gasteiger charge is 2.15. The van der Waals surface area contributed by atoms with E-state index < -0.39 is 11.8 Å². The second kappa shape index (κ2) is 6.76. The van der Waals surface area contributed by atoms with E-state index in [1.165, 1.54) is 7.11 Å². The number of amides is 2. The van der Waals surface area contributed by atoms with Gasteiger partial charge in [-0.25, -0.2) is 0 Å². The van der Waals surface area contributed by atoms with Crippen molar-refractivity contribution < 1.29 is 14.3 Å². The molecule has 0 aromatic heterocycles. The smallest absolute Gasteiger partial charge is 0.313 e. The van der Waals surface area contributed by atoms with Crippen LogP contribution in [0.15, 0.2) is 24.3 Å². The van der Waals surface area contributed by atoms with Crippen LogP contribution >= 0.6 is 0 Å². The van der Waals surface area contributed by atoms with Crippen molar-refractivity contribution in [2.24, 2.45) is 0 Å². The number of aryl methyl sites for hydroxylation is 1. The number of carbonyl (C=O) groups is 2. The Balaban J connectivity index is 2.52. The van der Waals surface area contributed by atoms with E-state index in [0.29, 0.717) is 12.3 Å². The van der Waals surface area contributed by atoms with Gasteiger partial charge in [0, 0.05) is 18.8 Å². The molecule has 5 heteroatoms. The Hall–Kier alpha value is -1.88. The molecule has 0 aliphatic carbocycles. The van der Waals surface area contributed by atoms with Crippen LogP contribution in [0.4, 0.5) is 5.69 Å². The number of ether oxygens (including phenoxy) is 1. The molecule has 1 aromatic carbocycles. The molecule has 0 fully saturated rings. The van der Waals surface area contributed by atoms with Crippen LogP contribution in [0.3, 0.4) is 0 Å². The fourth-order valence-electron chi connectivity index (χ4n) is 1.49. The summed E-state index contributed by atoms with van der Waals surface area (Å²) >= 11 is 0. The van der Waals surface area contributed by atoms with Crippen LogP contribution in [0.5, 0.6) is 0 Å². The zero-order chi connectivity index (χ0) is 13.5. The molecule has 1 rings (SSSR count). The molecule has 0 spiro atoms. The fraction of sp³-hybridized carbons (Fsp3) is 0.385. The van der Waals surface area contributed by atoms with Crippen LogP contribution in [-0.4, -0.2) is 31.6 Å². The van der Waals surface area contributed by atoms with Crippen molar-refractivity contribution in [2.75, 3.05) is 19.0 Å². The molecule has 2 N–H and O–H groups in total. The number of carbonyl (C=O) groups excluding carboxylic acids is 2. The maximum Gasteiger partial charge on any atom is 0.313 e. The monoisotopic (exact) mass is 250 g/mol. The van der Waals surface area contributed by atoms with E-state index in [9.17, 15) is 9.59 Å².